The van der Waals surface area contributed by atoms with Crippen LogP contribution in [0.15, 0.2) is 18.2 Å². The van der Waals surface area contributed by atoms with Crippen LogP contribution in [0, 0.1) is 12.8 Å². The highest BCUT2D eigenvalue weighted by molar-refractivity contribution is 6.02. The number of hydrogen-bond acceptors (Lipinski definition) is 3. The Morgan fingerprint density at radius 2 is 2.16 bits per heavy atom. The maximum Gasteiger partial charge on any atom is 0.337 e. The molecule has 1 heterocycles. The fraction of sp³-hybridized carbons (Fsp3) is 0.429. The van der Waals surface area contributed by atoms with Gasteiger partial charge in [-0.25, -0.2) is 4.79 Å². The molecular weight excluding hydrogens is 246 g/mol. The molecule has 1 aromatic carbocycles. The van der Waals surface area contributed by atoms with Crippen molar-refractivity contribution < 1.29 is 19.4 Å². The highest BCUT2D eigenvalue weighted by atomic mass is 16.5. The van der Waals surface area contributed by atoms with E-state index >= 15 is 0 Å². The number of amides is 1. The number of carbonyl (C=O) groups excluding carboxylic acids is 1. The summed E-state index contributed by atoms with van der Waals surface area (Å²) in [6.07, 6.45) is 0.540. The molecule has 1 aliphatic rings. The zero-order chi connectivity index (χ0) is 14.0. The summed E-state index contributed by atoms with van der Waals surface area (Å²) in [7, 11) is 0. The third-order valence-corrected chi connectivity index (χ3v) is 3.46. The summed E-state index contributed by atoms with van der Waals surface area (Å²) >= 11 is 0. The summed E-state index contributed by atoms with van der Waals surface area (Å²) in [5.74, 6) is -1.45. The lowest BCUT2D eigenvalue weighted by Gasteiger charge is -2.16. The van der Waals surface area contributed by atoms with E-state index in [1.807, 2.05) is 6.92 Å². The SMILES string of the molecule is Cc1cccc(C(=O)O)c1NC(=O)C1CCOC1C. The van der Waals surface area contributed by atoms with Crippen molar-refractivity contribution in [3.63, 3.8) is 0 Å². The second kappa shape index (κ2) is 5.40. The number of para-hydroxylation sites is 1. The normalized spacial score (nSPS) is 22.2. The van der Waals surface area contributed by atoms with E-state index in [1.54, 1.807) is 19.1 Å². The smallest absolute Gasteiger partial charge is 0.337 e. The van der Waals surface area contributed by atoms with E-state index < -0.39 is 5.97 Å². The summed E-state index contributed by atoms with van der Waals surface area (Å²) in [6.45, 7) is 4.20. The zero-order valence-corrected chi connectivity index (χ0v) is 11.0. The molecular formula is C14H17NO4. The number of carboxylic acid groups (broad SMARTS) is 1. The highest BCUT2D eigenvalue weighted by Crippen LogP contribution is 2.25. The number of carbonyl (C=O) groups is 2. The van der Waals surface area contributed by atoms with Gasteiger partial charge in [0, 0.05) is 6.61 Å². The maximum atomic E-state index is 12.2. The van der Waals surface area contributed by atoms with E-state index in [0.717, 1.165) is 5.56 Å². The average molecular weight is 263 g/mol. The number of aromatic carboxylic acids is 1. The van der Waals surface area contributed by atoms with Crippen molar-refractivity contribution in [3.8, 4) is 0 Å². The molecule has 102 valence electrons. The van der Waals surface area contributed by atoms with Crippen molar-refractivity contribution in [2.75, 3.05) is 11.9 Å². The van der Waals surface area contributed by atoms with Crippen LogP contribution >= 0.6 is 0 Å². The number of carboxylic acids is 1. The maximum absolute atomic E-state index is 12.2. The van der Waals surface area contributed by atoms with E-state index in [4.69, 9.17) is 9.84 Å². The number of benzene rings is 1. The third-order valence-electron chi connectivity index (χ3n) is 3.46. The lowest BCUT2D eigenvalue weighted by Crippen LogP contribution is -2.28. The quantitative estimate of drug-likeness (QED) is 0.875. The first-order valence-electron chi connectivity index (χ1n) is 6.26. The standard InChI is InChI=1S/C14H17NO4/c1-8-4-3-5-11(14(17)18)12(8)15-13(16)10-6-7-19-9(10)2/h3-5,9-10H,6-7H2,1-2H3,(H,15,16)(H,17,18). The molecule has 1 fully saturated rings. The molecule has 1 amide bonds. The van der Waals surface area contributed by atoms with Gasteiger partial charge >= 0.3 is 5.97 Å². The highest BCUT2D eigenvalue weighted by Gasteiger charge is 2.31. The van der Waals surface area contributed by atoms with Crippen molar-refractivity contribution in [3.05, 3.63) is 29.3 Å². The molecule has 1 saturated heterocycles. The van der Waals surface area contributed by atoms with Gasteiger partial charge in [-0.05, 0) is 31.9 Å². The first-order valence-corrected chi connectivity index (χ1v) is 6.26. The molecule has 0 aromatic heterocycles. The number of hydrogen-bond donors (Lipinski definition) is 2. The van der Waals surface area contributed by atoms with Crippen LogP contribution < -0.4 is 5.32 Å². The van der Waals surface area contributed by atoms with Gasteiger partial charge in [0.15, 0.2) is 0 Å². The first-order chi connectivity index (χ1) is 9.00. The number of anilines is 1. The van der Waals surface area contributed by atoms with Crippen LogP contribution in [0.1, 0.15) is 29.3 Å². The fourth-order valence-electron chi connectivity index (χ4n) is 2.30. The van der Waals surface area contributed by atoms with Crippen molar-refractivity contribution in [2.24, 2.45) is 5.92 Å². The summed E-state index contributed by atoms with van der Waals surface area (Å²) in [4.78, 5) is 23.3. The molecule has 5 heteroatoms. The van der Waals surface area contributed by atoms with Gasteiger partial charge in [0.25, 0.3) is 0 Å². The van der Waals surface area contributed by atoms with Crippen LogP contribution in [0.2, 0.25) is 0 Å². The molecule has 5 nitrogen and oxygen atoms in total. The Labute approximate surface area is 111 Å². The number of rotatable bonds is 3. The Balaban J connectivity index is 2.23. The Morgan fingerprint density at radius 1 is 1.42 bits per heavy atom. The van der Waals surface area contributed by atoms with Crippen molar-refractivity contribution in [2.45, 2.75) is 26.4 Å². The zero-order valence-electron chi connectivity index (χ0n) is 11.0. The first kappa shape index (κ1) is 13.5. The molecule has 0 radical (unpaired) electrons. The van der Waals surface area contributed by atoms with Gasteiger partial charge in [0.1, 0.15) is 0 Å². The molecule has 0 aliphatic carbocycles. The summed E-state index contributed by atoms with van der Waals surface area (Å²) in [6, 6.07) is 4.92. The van der Waals surface area contributed by atoms with Gasteiger partial charge in [0.2, 0.25) is 5.91 Å². The molecule has 1 aromatic rings. The summed E-state index contributed by atoms with van der Waals surface area (Å²) in [5.41, 5.74) is 1.22. The van der Waals surface area contributed by atoms with Crippen molar-refractivity contribution in [1.82, 2.24) is 0 Å². The van der Waals surface area contributed by atoms with Gasteiger partial charge in [-0.3, -0.25) is 4.79 Å². The van der Waals surface area contributed by atoms with E-state index in [1.165, 1.54) is 6.07 Å². The minimum absolute atomic E-state index is 0.111. The summed E-state index contributed by atoms with van der Waals surface area (Å²) in [5, 5.41) is 11.9. The topological polar surface area (TPSA) is 75.6 Å². The van der Waals surface area contributed by atoms with Crippen LogP contribution in [0.3, 0.4) is 0 Å². The van der Waals surface area contributed by atoms with Crippen LogP contribution in [0.25, 0.3) is 0 Å². The minimum atomic E-state index is -1.05. The number of aryl methyl sites for hydroxylation is 1. The van der Waals surface area contributed by atoms with Crippen molar-refractivity contribution in [1.29, 1.82) is 0 Å². The Kier molecular flexibility index (Phi) is 3.85. The van der Waals surface area contributed by atoms with Gasteiger partial charge in [0.05, 0.1) is 23.3 Å². The van der Waals surface area contributed by atoms with Crippen LogP contribution in [0.5, 0.6) is 0 Å². The predicted octanol–water partition coefficient (Wildman–Crippen LogP) is 2.06. The average Bonchev–Trinajstić information content (AvgIpc) is 2.77. The molecule has 2 unspecified atom stereocenters. The van der Waals surface area contributed by atoms with Gasteiger partial charge in [-0.15, -0.1) is 0 Å². The molecule has 1 aliphatic heterocycles. The molecule has 0 saturated carbocycles. The molecule has 0 spiro atoms. The predicted molar refractivity (Wildman–Crippen MR) is 70.3 cm³/mol. The Bertz CT molecular complexity index is 512. The number of nitrogens with one attached hydrogen (secondary N) is 1. The molecule has 2 atom stereocenters. The van der Waals surface area contributed by atoms with Crippen LogP contribution in [-0.2, 0) is 9.53 Å². The molecule has 0 bridgehead atoms. The van der Waals surface area contributed by atoms with Gasteiger partial charge in [-0.2, -0.15) is 0 Å². The van der Waals surface area contributed by atoms with Crippen LogP contribution in [0.4, 0.5) is 5.69 Å². The fourth-order valence-corrected chi connectivity index (χ4v) is 2.30. The lowest BCUT2D eigenvalue weighted by molar-refractivity contribution is -0.121. The van der Waals surface area contributed by atoms with E-state index in [2.05, 4.69) is 5.32 Å². The lowest BCUT2D eigenvalue weighted by atomic mass is 10.0. The Hall–Kier alpha value is -1.88. The molecule has 19 heavy (non-hydrogen) atoms. The van der Waals surface area contributed by atoms with Gasteiger partial charge < -0.3 is 15.2 Å². The monoisotopic (exact) mass is 263 g/mol. The van der Waals surface area contributed by atoms with E-state index in [-0.39, 0.29) is 23.5 Å². The van der Waals surface area contributed by atoms with Crippen LogP contribution in [-0.4, -0.2) is 29.7 Å². The largest absolute Gasteiger partial charge is 0.478 e. The van der Waals surface area contributed by atoms with E-state index in [9.17, 15) is 9.59 Å². The second-order valence-corrected chi connectivity index (χ2v) is 4.76. The second-order valence-electron chi connectivity index (χ2n) is 4.76. The van der Waals surface area contributed by atoms with E-state index in [0.29, 0.717) is 18.7 Å². The minimum Gasteiger partial charge on any atom is -0.478 e. The molecule has 2 N–H and O–H groups in total. The third kappa shape index (κ3) is 2.76. The molecule has 2 rings (SSSR count). The Morgan fingerprint density at radius 3 is 2.74 bits per heavy atom. The van der Waals surface area contributed by atoms with Crippen molar-refractivity contribution >= 4 is 17.6 Å². The number of ether oxygens (including phenoxy) is 1. The summed E-state index contributed by atoms with van der Waals surface area (Å²) < 4.78 is 5.36. The van der Waals surface area contributed by atoms with Gasteiger partial charge in [-0.1, -0.05) is 12.1 Å².